The average molecular weight is 460 g/mol. The second kappa shape index (κ2) is 9.83. The molecule has 0 heterocycles. The van der Waals surface area contributed by atoms with Crippen molar-refractivity contribution in [3.05, 3.63) is 81.3 Å². The quantitative estimate of drug-likeness (QED) is 0.437. The van der Waals surface area contributed by atoms with Crippen molar-refractivity contribution in [2.45, 2.75) is 13.3 Å². The number of rotatable bonds is 7. The van der Waals surface area contributed by atoms with Crippen LogP contribution in [0.4, 0.5) is 5.69 Å². The summed E-state index contributed by atoms with van der Waals surface area (Å²) in [5, 5.41) is 21.5. The maximum atomic E-state index is 11.6. The van der Waals surface area contributed by atoms with Gasteiger partial charge in [-0.15, -0.1) is 0 Å². The highest BCUT2D eigenvalue weighted by Crippen LogP contribution is 2.39. The van der Waals surface area contributed by atoms with Crippen LogP contribution >= 0.6 is 23.2 Å². The Morgan fingerprint density at radius 3 is 2.26 bits per heavy atom. The number of carbonyl (C=O) groups excluding carboxylic acids is 2. The van der Waals surface area contributed by atoms with Crippen molar-refractivity contribution in [3.63, 3.8) is 0 Å². The van der Waals surface area contributed by atoms with Crippen LogP contribution in [0.1, 0.15) is 16.7 Å². The highest BCUT2D eigenvalue weighted by Gasteiger charge is 2.16. The number of ether oxygens (including phenoxy) is 1. The lowest BCUT2D eigenvalue weighted by molar-refractivity contribution is -0.136. The molecule has 0 radical (unpaired) electrons. The van der Waals surface area contributed by atoms with E-state index in [2.05, 4.69) is 5.32 Å². The molecular weight excluding hydrogens is 441 g/mol. The van der Waals surface area contributed by atoms with E-state index >= 15 is 0 Å². The van der Waals surface area contributed by atoms with E-state index in [9.17, 15) is 14.7 Å². The molecule has 0 bridgehead atoms. The van der Waals surface area contributed by atoms with Gasteiger partial charge in [-0.05, 0) is 42.8 Å². The first-order valence-electron chi connectivity index (χ1n) is 9.26. The second-order valence-corrected chi connectivity index (χ2v) is 7.67. The van der Waals surface area contributed by atoms with Crippen LogP contribution in [0.3, 0.4) is 0 Å². The second-order valence-electron chi connectivity index (χ2n) is 6.86. The Kier molecular flexibility index (Phi) is 7.17. The molecule has 6 nitrogen and oxygen atoms in total. The van der Waals surface area contributed by atoms with Gasteiger partial charge in [0.15, 0.2) is 5.75 Å². The van der Waals surface area contributed by atoms with Gasteiger partial charge in [0.25, 0.3) is 5.91 Å². The van der Waals surface area contributed by atoms with Gasteiger partial charge in [-0.3, -0.25) is 9.59 Å². The lowest BCUT2D eigenvalue weighted by Gasteiger charge is -2.13. The third kappa shape index (κ3) is 5.76. The van der Waals surface area contributed by atoms with Crippen molar-refractivity contribution in [2.75, 3.05) is 11.9 Å². The minimum absolute atomic E-state index is 0.104. The van der Waals surface area contributed by atoms with Crippen molar-refractivity contribution in [2.24, 2.45) is 0 Å². The molecule has 3 aromatic rings. The highest BCUT2D eigenvalue weighted by atomic mass is 35.5. The number of aliphatic hydroxyl groups excluding tert-OH is 1. The number of phenols is 1. The number of halogens is 2. The highest BCUT2D eigenvalue weighted by molar-refractivity contribution is 6.42. The number of aryl methyl sites for hydroxylation is 1. The van der Waals surface area contributed by atoms with Crippen LogP contribution in [0.25, 0.3) is 0 Å². The maximum absolute atomic E-state index is 11.6. The van der Waals surface area contributed by atoms with Crippen LogP contribution in [0.15, 0.2) is 54.6 Å². The molecule has 0 atom stereocenters. The fourth-order valence-electron chi connectivity index (χ4n) is 2.81. The number of amides is 1. The van der Waals surface area contributed by atoms with E-state index in [4.69, 9.17) is 33.0 Å². The standard InChI is InChI=1S/C23H19Cl2NO5/c1-13-2-4-14(5-3-13)8-15-9-17(6-7-20(15)28)31-22-18(24)10-16(11-19(22)25)26-23(30)21(29)12-27/h2-7,9-11,27-28H,8,12H2,1H3,(H,26,30). The van der Waals surface area contributed by atoms with Crippen molar-refractivity contribution in [1.29, 1.82) is 0 Å². The maximum Gasteiger partial charge on any atom is 0.294 e. The number of aliphatic hydroxyl groups is 1. The molecular formula is C23H19Cl2NO5. The van der Waals surface area contributed by atoms with Crippen LogP contribution in [0, 0.1) is 6.92 Å². The van der Waals surface area contributed by atoms with Gasteiger partial charge in [-0.1, -0.05) is 53.0 Å². The Balaban J connectivity index is 1.81. The number of nitrogens with one attached hydrogen (secondary N) is 1. The Morgan fingerprint density at radius 1 is 1.00 bits per heavy atom. The van der Waals surface area contributed by atoms with E-state index in [1.54, 1.807) is 12.1 Å². The predicted molar refractivity (Wildman–Crippen MR) is 119 cm³/mol. The zero-order valence-electron chi connectivity index (χ0n) is 16.5. The molecule has 0 aliphatic rings. The summed E-state index contributed by atoms with van der Waals surface area (Å²) in [5.41, 5.74) is 3.03. The summed E-state index contributed by atoms with van der Waals surface area (Å²) in [7, 11) is 0. The Bertz CT molecular complexity index is 1110. The molecule has 3 rings (SSSR count). The largest absolute Gasteiger partial charge is 0.508 e. The fourth-order valence-corrected chi connectivity index (χ4v) is 3.38. The molecule has 0 aromatic heterocycles. The molecule has 0 fully saturated rings. The van der Waals surface area contributed by atoms with Crippen LogP contribution in [0.5, 0.6) is 17.2 Å². The summed E-state index contributed by atoms with van der Waals surface area (Å²) < 4.78 is 5.83. The predicted octanol–water partition coefficient (Wildman–Crippen LogP) is 4.89. The fraction of sp³-hybridized carbons (Fsp3) is 0.130. The molecule has 1 amide bonds. The van der Waals surface area contributed by atoms with Gasteiger partial charge in [0.05, 0.1) is 10.0 Å². The van der Waals surface area contributed by atoms with E-state index in [0.717, 1.165) is 11.1 Å². The number of carbonyl (C=O) groups is 2. The van der Waals surface area contributed by atoms with Crippen LogP contribution in [-0.2, 0) is 16.0 Å². The summed E-state index contributed by atoms with van der Waals surface area (Å²) in [6.07, 6.45) is 0.509. The number of hydrogen-bond acceptors (Lipinski definition) is 5. The third-order valence-corrected chi connectivity index (χ3v) is 5.00. The first-order valence-corrected chi connectivity index (χ1v) is 10.0. The van der Waals surface area contributed by atoms with Crippen LogP contribution in [-0.4, -0.2) is 28.5 Å². The number of phenolic OH excluding ortho intramolecular Hbond substituents is 1. The lowest BCUT2D eigenvalue weighted by Crippen LogP contribution is -2.25. The Morgan fingerprint density at radius 2 is 1.65 bits per heavy atom. The van der Waals surface area contributed by atoms with Gasteiger partial charge in [0.2, 0.25) is 5.78 Å². The first-order chi connectivity index (χ1) is 14.8. The molecule has 0 saturated carbocycles. The number of anilines is 1. The minimum Gasteiger partial charge on any atom is -0.508 e. The summed E-state index contributed by atoms with van der Waals surface area (Å²) in [4.78, 5) is 22.8. The normalized spacial score (nSPS) is 10.6. The summed E-state index contributed by atoms with van der Waals surface area (Å²) in [6, 6.07) is 15.5. The van der Waals surface area contributed by atoms with Crippen LogP contribution in [0.2, 0.25) is 10.0 Å². The molecule has 8 heteroatoms. The molecule has 0 unspecified atom stereocenters. The molecule has 0 saturated heterocycles. The summed E-state index contributed by atoms with van der Waals surface area (Å²) in [6.45, 7) is 1.10. The topological polar surface area (TPSA) is 95.9 Å². The molecule has 3 N–H and O–H groups in total. The molecule has 3 aromatic carbocycles. The lowest BCUT2D eigenvalue weighted by atomic mass is 10.0. The number of ketones is 1. The number of benzene rings is 3. The third-order valence-electron chi connectivity index (χ3n) is 4.44. The average Bonchev–Trinajstić information content (AvgIpc) is 2.74. The van der Waals surface area contributed by atoms with Crippen molar-refractivity contribution in [3.8, 4) is 17.2 Å². The van der Waals surface area contributed by atoms with Crippen LogP contribution < -0.4 is 10.1 Å². The van der Waals surface area contributed by atoms with Crippen molar-refractivity contribution < 1.29 is 24.5 Å². The van der Waals surface area contributed by atoms with Gasteiger partial charge in [-0.25, -0.2) is 0 Å². The summed E-state index contributed by atoms with van der Waals surface area (Å²) >= 11 is 12.5. The first kappa shape index (κ1) is 22.6. The van der Waals surface area contributed by atoms with Gasteiger partial charge in [0, 0.05) is 17.7 Å². The van der Waals surface area contributed by atoms with Gasteiger partial charge < -0.3 is 20.3 Å². The molecule has 0 aliphatic carbocycles. The number of Topliss-reactive ketones (excluding diaryl/α,β-unsaturated/α-hetero) is 1. The molecule has 31 heavy (non-hydrogen) atoms. The van der Waals surface area contributed by atoms with E-state index < -0.39 is 18.3 Å². The van der Waals surface area contributed by atoms with E-state index in [1.165, 1.54) is 18.2 Å². The molecule has 0 spiro atoms. The van der Waals surface area contributed by atoms with Gasteiger partial charge >= 0.3 is 0 Å². The SMILES string of the molecule is Cc1ccc(Cc2cc(Oc3c(Cl)cc(NC(=O)C(=O)CO)cc3Cl)ccc2O)cc1. The number of aromatic hydroxyl groups is 1. The van der Waals surface area contributed by atoms with Crippen molar-refractivity contribution in [1.82, 2.24) is 0 Å². The summed E-state index contributed by atoms with van der Waals surface area (Å²) in [5.74, 6) is -1.27. The van der Waals surface area contributed by atoms with Gasteiger partial charge in [-0.2, -0.15) is 0 Å². The molecule has 160 valence electrons. The van der Waals surface area contributed by atoms with E-state index in [-0.39, 0.29) is 27.2 Å². The van der Waals surface area contributed by atoms with Gasteiger partial charge in [0.1, 0.15) is 18.1 Å². The zero-order valence-corrected chi connectivity index (χ0v) is 18.0. The smallest absolute Gasteiger partial charge is 0.294 e. The van der Waals surface area contributed by atoms with Crippen molar-refractivity contribution >= 4 is 40.6 Å². The monoisotopic (exact) mass is 459 g/mol. The number of hydrogen-bond donors (Lipinski definition) is 3. The van der Waals surface area contributed by atoms with E-state index in [1.807, 2.05) is 31.2 Å². The minimum atomic E-state index is -0.988. The Labute approximate surface area is 189 Å². The Hall–Kier alpha value is -3.06. The zero-order chi connectivity index (χ0) is 22.5. The molecule has 0 aliphatic heterocycles. The van der Waals surface area contributed by atoms with E-state index in [0.29, 0.717) is 17.7 Å².